The molecule has 0 aromatic carbocycles. The average molecular weight is 415 g/mol. The minimum atomic E-state index is -0.287. The van der Waals surface area contributed by atoms with Crippen molar-refractivity contribution in [2.75, 3.05) is 0 Å². The van der Waals surface area contributed by atoms with E-state index in [1.165, 1.54) is 18.9 Å². The van der Waals surface area contributed by atoms with Gasteiger partial charge in [0, 0.05) is 53.7 Å². The van der Waals surface area contributed by atoms with Gasteiger partial charge in [-0.1, -0.05) is 18.7 Å². The topological polar surface area (TPSA) is 88.6 Å². The first-order valence-corrected chi connectivity index (χ1v) is 10.7. The number of Topliss-reactive ketones (excluding diaryl/α,β-unsaturated/α-hetero) is 1. The lowest BCUT2D eigenvalue weighted by molar-refractivity contribution is -0.119. The van der Waals surface area contributed by atoms with E-state index in [0.29, 0.717) is 25.2 Å². The van der Waals surface area contributed by atoms with Crippen molar-refractivity contribution in [1.82, 2.24) is 20.2 Å². The lowest BCUT2D eigenvalue weighted by atomic mass is 9.97. The summed E-state index contributed by atoms with van der Waals surface area (Å²) in [5, 5.41) is 7.32. The fourth-order valence-corrected chi connectivity index (χ4v) is 3.49. The molecule has 3 aromatic rings. The van der Waals surface area contributed by atoms with Gasteiger partial charge in [0.25, 0.3) is 0 Å². The van der Waals surface area contributed by atoms with Gasteiger partial charge in [-0.3, -0.25) is 24.7 Å². The second kappa shape index (κ2) is 9.16. The van der Waals surface area contributed by atoms with Crippen molar-refractivity contribution in [3.05, 3.63) is 78.2 Å². The van der Waals surface area contributed by atoms with Gasteiger partial charge < -0.3 is 0 Å². The van der Waals surface area contributed by atoms with Crippen LogP contribution >= 0.6 is 0 Å². The Morgan fingerprint density at radius 1 is 1.16 bits per heavy atom. The number of aromatic amines is 1. The highest BCUT2D eigenvalue weighted by atomic mass is 16.1. The highest BCUT2D eigenvalue weighted by molar-refractivity contribution is 5.89. The summed E-state index contributed by atoms with van der Waals surface area (Å²) in [5.74, 6) is 0.422. The number of H-pyrrole nitrogens is 1. The van der Waals surface area contributed by atoms with Crippen molar-refractivity contribution in [2.45, 2.75) is 50.9 Å². The molecular formula is C25H26N4O2. The van der Waals surface area contributed by atoms with Crippen LogP contribution in [-0.4, -0.2) is 31.7 Å². The van der Waals surface area contributed by atoms with Crippen molar-refractivity contribution in [2.24, 2.45) is 0 Å². The van der Waals surface area contributed by atoms with Crippen LogP contribution in [0, 0.1) is 0 Å². The standard InChI is InChI=1S/C25H26N4O2/c1-3-22(30)10-9-20-8-6-18(14-26-20)19-7-11-23(27-15-19)16(2)25(31)13-21-12-24(29-28-21)17-4-5-17/h3,6-8,11-12,14-17H,1,4-5,9-10,13H2,2H3,(H,28,29). The molecule has 1 N–H and O–H groups in total. The molecule has 0 saturated heterocycles. The Morgan fingerprint density at radius 2 is 1.90 bits per heavy atom. The van der Waals surface area contributed by atoms with Gasteiger partial charge in [0.15, 0.2) is 5.78 Å². The van der Waals surface area contributed by atoms with Gasteiger partial charge >= 0.3 is 0 Å². The van der Waals surface area contributed by atoms with Crippen LogP contribution < -0.4 is 0 Å². The molecule has 3 heterocycles. The van der Waals surface area contributed by atoms with E-state index in [1.54, 1.807) is 12.4 Å². The molecule has 1 saturated carbocycles. The van der Waals surface area contributed by atoms with Crippen LogP contribution in [0.4, 0.5) is 0 Å². The Kier molecular flexibility index (Phi) is 6.16. The second-order valence-electron chi connectivity index (χ2n) is 8.14. The zero-order valence-electron chi connectivity index (χ0n) is 17.7. The summed E-state index contributed by atoms with van der Waals surface area (Å²) >= 11 is 0. The highest BCUT2D eigenvalue weighted by Gasteiger charge is 2.26. The molecule has 6 heteroatoms. The first-order chi connectivity index (χ1) is 15.0. The van der Waals surface area contributed by atoms with Gasteiger partial charge in [0.05, 0.1) is 17.3 Å². The number of nitrogens with zero attached hydrogens (tertiary/aromatic N) is 3. The summed E-state index contributed by atoms with van der Waals surface area (Å²) in [6.45, 7) is 5.38. The molecule has 4 rings (SSSR count). The minimum absolute atomic E-state index is 0.0187. The summed E-state index contributed by atoms with van der Waals surface area (Å²) in [6, 6.07) is 9.78. The van der Waals surface area contributed by atoms with Crippen LogP contribution in [0.5, 0.6) is 0 Å². The van der Waals surface area contributed by atoms with Gasteiger partial charge in [-0.25, -0.2) is 0 Å². The first kappa shape index (κ1) is 20.8. The number of aryl methyl sites for hydroxylation is 1. The maximum absolute atomic E-state index is 12.7. The molecule has 1 fully saturated rings. The lowest BCUT2D eigenvalue weighted by Gasteiger charge is -2.10. The molecule has 0 amide bonds. The molecule has 158 valence electrons. The smallest absolute Gasteiger partial charge is 0.155 e. The molecule has 0 spiro atoms. The highest BCUT2D eigenvalue weighted by Crippen LogP contribution is 2.39. The molecular weight excluding hydrogens is 388 g/mol. The van der Waals surface area contributed by atoms with Crippen LogP contribution in [0.25, 0.3) is 11.1 Å². The van der Waals surface area contributed by atoms with Gasteiger partial charge in [0.1, 0.15) is 5.78 Å². The van der Waals surface area contributed by atoms with E-state index >= 15 is 0 Å². The Labute approximate surface area is 181 Å². The first-order valence-electron chi connectivity index (χ1n) is 10.7. The van der Waals surface area contributed by atoms with Crippen molar-refractivity contribution in [3.8, 4) is 11.1 Å². The second-order valence-corrected chi connectivity index (χ2v) is 8.14. The number of pyridine rings is 2. The molecule has 1 aliphatic rings. The van der Waals surface area contributed by atoms with E-state index in [2.05, 4.69) is 26.7 Å². The Balaban J connectivity index is 1.36. The third-order valence-electron chi connectivity index (χ3n) is 5.74. The van der Waals surface area contributed by atoms with Crippen LogP contribution in [-0.2, 0) is 22.4 Å². The predicted octanol–water partition coefficient (Wildman–Crippen LogP) is 4.35. The number of nitrogens with one attached hydrogen (secondary N) is 1. The minimum Gasteiger partial charge on any atom is -0.299 e. The van der Waals surface area contributed by atoms with Gasteiger partial charge in [-0.05, 0) is 50.5 Å². The number of aromatic nitrogens is 4. The van der Waals surface area contributed by atoms with Gasteiger partial charge in [-0.15, -0.1) is 0 Å². The molecule has 1 atom stereocenters. The molecule has 1 unspecified atom stereocenters. The van der Waals surface area contributed by atoms with Gasteiger partial charge in [-0.2, -0.15) is 5.10 Å². The van der Waals surface area contributed by atoms with E-state index in [9.17, 15) is 9.59 Å². The van der Waals surface area contributed by atoms with E-state index in [4.69, 9.17) is 0 Å². The Bertz CT molecular complexity index is 1080. The number of rotatable bonds is 10. The van der Waals surface area contributed by atoms with Crippen LogP contribution in [0.15, 0.2) is 55.4 Å². The summed E-state index contributed by atoms with van der Waals surface area (Å²) in [5.41, 5.74) is 5.45. The average Bonchev–Trinajstić information content (AvgIpc) is 3.56. The molecule has 0 bridgehead atoms. The van der Waals surface area contributed by atoms with Crippen LogP contribution in [0.3, 0.4) is 0 Å². The lowest BCUT2D eigenvalue weighted by Crippen LogP contribution is -2.13. The fraction of sp³-hybridized carbons (Fsp3) is 0.320. The fourth-order valence-electron chi connectivity index (χ4n) is 3.49. The van der Waals surface area contributed by atoms with Crippen LogP contribution in [0.1, 0.15) is 60.8 Å². The zero-order valence-corrected chi connectivity index (χ0v) is 17.7. The van der Waals surface area contributed by atoms with Crippen molar-refractivity contribution in [3.63, 3.8) is 0 Å². The maximum atomic E-state index is 12.7. The summed E-state index contributed by atoms with van der Waals surface area (Å²) < 4.78 is 0. The monoisotopic (exact) mass is 414 g/mol. The molecule has 1 aliphatic carbocycles. The normalized spacial score (nSPS) is 14.2. The molecule has 0 aliphatic heterocycles. The third kappa shape index (κ3) is 5.20. The molecule has 6 nitrogen and oxygen atoms in total. The van der Waals surface area contributed by atoms with E-state index in [-0.39, 0.29) is 17.5 Å². The number of hydrogen-bond donors (Lipinski definition) is 1. The largest absolute Gasteiger partial charge is 0.299 e. The van der Waals surface area contributed by atoms with Crippen molar-refractivity contribution >= 4 is 11.6 Å². The number of hydrogen-bond acceptors (Lipinski definition) is 5. The van der Waals surface area contributed by atoms with Crippen molar-refractivity contribution < 1.29 is 9.59 Å². The quantitative estimate of drug-likeness (QED) is 0.498. The Morgan fingerprint density at radius 3 is 2.52 bits per heavy atom. The van der Waals surface area contributed by atoms with Gasteiger partial charge in [0.2, 0.25) is 0 Å². The van der Waals surface area contributed by atoms with Crippen LogP contribution in [0.2, 0.25) is 0 Å². The SMILES string of the molecule is C=CC(=O)CCc1ccc(-c2ccc(C(C)C(=O)Cc3cc(C4CC4)n[nH]3)nc2)cn1. The summed E-state index contributed by atoms with van der Waals surface area (Å²) in [4.78, 5) is 33.0. The van der Waals surface area contributed by atoms with Crippen molar-refractivity contribution in [1.29, 1.82) is 0 Å². The summed E-state index contributed by atoms with van der Waals surface area (Å²) in [7, 11) is 0. The third-order valence-corrected chi connectivity index (χ3v) is 5.74. The number of ketones is 2. The number of carbonyl (C=O) groups is 2. The predicted molar refractivity (Wildman–Crippen MR) is 119 cm³/mol. The summed E-state index contributed by atoms with van der Waals surface area (Å²) in [6.07, 6.45) is 8.64. The van der Waals surface area contributed by atoms with E-state index in [0.717, 1.165) is 33.9 Å². The van der Waals surface area contributed by atoms with E-state index < -0.39 is 0 Å². The molecule has 3 aromatic heterocycles. The number of carbonyl (C=O) groups excluding carboxylic acids is 2. The molecule has 31 heavy (non-hydrogen) atoms. The number of allylic oxidation sites excluding steroid dienone is 1. The zero-order chi connectivity index (χ0) is 21.8. The maximum Gasteiger partial charge on any atom is 0.155 e. The van der Waals surface area contributed by atoms with E-state index in [1.807, 2.05) is 37.3 Å². The Hall–Kier alpha value is -3.41. The molecule has 0 radical (unpaired) electrons.